The van der Waals surface area contributed by atoms with Crippen molar-refractivity contribution >= 4 is 21.6 Å². The molecule has 0 aliphatic heterocycles. The lowest BCUT2D eigenvalue weighted by Crippen LogP contribution is -2.39. The van der Waals surface area contributed by atoms with Gasteiger partial charge in [-0.2, -0.15) is 13.2 Å². The molecule has 1 N–H and O–H groups in total. The van der Waals surface area contributed by atoms with Crippen molar-refractivity contribution < 1.29 is 26.4 Å². The highest BCUT2D eigenvalue weighted by atomic mass is 32.2. The molecule has 2 aromatic rings. The van der Waals surface area contributed by atoms with Crippen molar-refractivity contribution in [2.45, 2.75) is 37.8 Å². The number of hydrogen-bond donors (Lipinski definition) is 1. The number of benzene rings is 2. The molecule has 0 atom stereocenters. The number of unbranched alkanes of at least 4 members (excludes halogenated alkanes) is 1. The number of amides is 1. The highest BCUT2D eigenvalue weighted by molar-refractivity contribution is 7.92. The molecule has 0 saturated carbocycles. The van der Waals surface area contributed by atoms with E-state index < -0.39 is 28.7 Å². The fourth-order valence-corrected chi connectivity index (χ4v) is 3.80. The molecule has 0 saturated heterocycles. The van der Waals surface area contributed by atoms with Gasteiger partial charge in [0.25, 0.3) is 15.9 Å². The second-order valence-electron chi connectivity index (χ2n) is 6.64. The minimum absolute atomic E-state index is 0.000180. The van der Waals surface area contributed by atoms with Crippen LogP contribution in [-0.2, 0) is 10.0 Å². The van der Waals surface area contributed by atoms with Crippen LogP contribution in [0.25, 0.3) is 0 Å². The molecule has 2 rings (SSSR count). The van der Waals surface area contributed by atoms with Gasteiger partial charge < -0.3 is 4.90 Å². The number of rotatable bonds is 8. The van der Waals surface area contributed by atoms with Gasteiger partial charge in [-0.1, -0.05) is 31.5 Å². The largest absolute Gasteiger partial charge is 0.406 e. The summed E-state index contributed by atoms with van der Waals surface area (Å²) in [6, 6.07) is 11.7. The van der Waals surface area contributed by atoms with Crippen LogP contribution in [0.15, 0.2) is 53.4 Å². The molecule has 0 heterocycles. The maximum atomic E-state index is 12.8. The van der Waals surface area contributed by atoms with Gasteiger partial charge in [0.05, 0.1) is 10.6 Å². The fraction of sp³-hybridized carbons (Fsp3) is 0.350. The van der Waals surface area contributed by atoms with Gasteiger partial charge in [0, 0.05) is 12.1 Å². The third-order valence-electron chi connectivity index (χ3n) is 4.24. The number of alkyl halides is 3. The van der Waals surface area contributed by atoms with Gasteiger partial charge in [0.1, 0.15) is 6.54 Å². The van der Waals surface area contributed by atoms with Gasteiger partial charge >= 0.3 is 6.18 Å². The zero-order chi connectivity index (χ0) is 21.7. The molecular formula is C20H23F3N2O3S. The zero-order valence-corrected chi connectivity index (χ0v) is 17.0. The summed E-state index contributed by atoms with van der Waals surface area (Å²) < 4.78 is 65.9. The van der Waals surface area contributed by atoms with Crippen molar-refractivity contribution in [1.29, 1.82) is 0 Å². The Hall–Kier alpha value is -2.55. The topological polar surface area (TPSA) is 66.5 Å². The van der Waals surface area contributed by atoms with E-state index in [1.165, 1.54) is 24.3 Å². The summed E-state index contributed by atoms with van der Waals surface area (Å²) >= 11 is 0. The lowest BCUT2D eigenvalue weighted by atomic mass is 10.2. The van der Waals surface area contributed by atoms with Crippen LogP contribution in [0.3, 0.4) is 0 Å². The van der Waals surface area contributed by atoms with Gasteiger partial charge in [-0.05, 0) is 49.2 Å². The van der Waals surface area contributed by atoms with Crippen LogP contribution in [0, 0.1) is 6.92 Å². The van der Waals surface area contributed by atoms with Crippen LogP contribution >= 0.6 is 0 Å². The van der Waals surface area contributed by atoms with Gasteiger partial charge in [-0.25, -0.2) is 8.42 Å². The smallest absolute Gasteiger partial charge is 0.330 e. The lowest BCUT2D eigenvalue weighted by molar-refractivity contribution is -0.140. The number of nitrogens with zero attached hydrogens (tertiary/aromatic N) is 1. The minimum atomic E-state index is -4.51. The second kappa shape index (κ2) is 9.30. The third kappa shape index (κ3) is 6.49. The summed E-state index contributed by atoms with van der Waals surface area (Å²) in [4.78, 5) is 13.1. The molecule has 9 heteroatoms. The van der Waals surface area contributed by atoms with Gasteiger partial charge in [-0.15, -0.1) is 0 Å². The number of aryl methyl sites for hydroxylation is 1. The van der Waals surface area contributed by atoms with E-state index in [1.54, 1.807) is 31.2 Å². The van der Waals surface area contributed by atoms with E-state index in [4.69, 9.17) is 0 Å². The molecular weight excluding hydrogens is 405 g/mol. The van der Waals surface area contributed by atoms with Crippen LogP contribution in [0.2, 0.25) is 0 Å². The molecule has 1 amide bonds. The van der Waals surface area contributed by atoms with Crippen LogP contribution in [0.4, 0.5) is 18.9 Å². The Morgan fingerprint density at radius 3 is 2.24 bits per heavy atom. The Morgan fingerprint density at radius 2 is 1.69 bits per heavy atom. The predicted molar refractivity (Wildman–Crippen MR) is 105 cm³/mol. The van der Waals surface area contributed by atoms with Crippen molar-refractivity contribution in [3.63, 3.8) is 0 Å². The molecule has 0 unspecified atom stereocenters. The molecule has 0 fully saturated rings. The molecule has 158 valence electrons. The van der Waals surface area contributed by atoms with Crippen molar-refractivity contribution in [2.24, 2.45) is 0 Å². The Bertz CT molecular complexity index is 942. The second-order valence-corrected chi connectivity index (χ2v) is 8.32. The number of carbonyl (C=O) groups is 1. The predicted octanol–water partition coefficient (Wildman–Crippen LogP) is 4.60. The number of para-hydroxylation sites is 1. The molecule has 0 aromatic heterocycles. The van der Waals surface area contributed by atoms with E-state index in [9.17, 15) is 26.4 Å². The highest BCUT2D eigenvalue weighted by Gasteiger charge is 2.33. The first-order valence-corrected chi connectivity index (χ1v) is 10.6. The zero-order valence-electron chi connectivity index (χ0n) is 16.2. The number of anilines is 1. The molecule has 5 nitrogen and oxygen atoms in total. The van der Waals surface area contributed by atoms with E-state index in [1.807, 2.05) is 6.92 Å². The van der Waals surface area contributed by atoms with Gasteiger partial charge in [0.2, 0.25) is 0 Å². The van der Waals surface area contributed by atoms with E-state index in [2.05, 4.69) is 4.72 Å². The molecule has 29 heavy (non-hydrogen) atoms. The number of carbonyl (C=O) groups excluding carboxylic acids is 1. The average Bonchev–Trinajstić information content (AvgIpc) is 2.65. The van der Waals surface area contributed by atoms with E-state index >= 15 is 0 Å². The molecule has 0 aliphatic rings. The quantitative estimate of drug-likeness (QED) is 0.668. The Labute approximate surface area is 168 Å². The number of sulfonamides is 1. The normalized spacial score (nSPS) is 11.9. The van der Waals surface area contributed by atoms with E-state index in [0.29, 0.717) is 18.5 Å². The average molecular weight is 428 g/mol. The number of nitrogens with one attached hydrogen (secondary N) is 1. The Balaban J connectivity index is 2.21. The van der Waals surface area contributed by atoms with E-state index in [0.717, 1.165) is 10.5 Å². The van der Waals surface area contributed by atoms with E-state index in [-0.39, 0.29) is 17.0 Å². The van der Waals surface area contributed by atoms with Crippen LogP contribution in [0.5, 0.6) is 0 Å². The first-order chi connectivity index (χ1) is 13.5. The molecule has 0 bridgehead atoms. The maximum absolute atomic E-state index is 12.8. The molecule has 2 aromatic carbocycles. The summed E-state index contributed by atoms with van der Waals surface area (Å²) in [5.74, 6) is -0.786. The fourth-order valence-electron chi connectivity index (χ4n) is 2.67. The maximum Gasteiger partial charge on any atom is 0.406 e. The first kappa shape index (κ1) is 22.7. The SMILES string of the molecule is CCCCN(CC(F)(F)F)C(=O)c1ccc(S(=O)(=O)Nc2ccccc2C)cc1. The van der Waals surface area contributed by atoms with Crippen LogP contribution in [0.1, 0.15) is 35.7 Å². The van der Waals surface area contributed by atoms with Gasteiger partial charge in [-0.3, -0.25) is 9.52 Å². The summed E-state index contributed by atoms with van der Waals surface area (Å²) in [5, 5.41) is 0. The van der Waals surface area contributed by atoms with Crippen LogP contribution < -0.4 is 4.72 Å². The van der Waals surface area contributed by atoms with Crippen molar-refractivity contribution in [1.82, 2.24) is 4.90 Å². The molecule has 0 radical (unpaired) electrons. The van der Waals surface area contributed by atoms with Crippen molar-refractivity contribution in [3.05, 3.63) is 59.7 Å². The Kier molecular flexibility index (Phi) is 7.29. The van der Waals surface area contributed by atoms with Gasteiger partial charge in [0.15, 0.2) is 0 Å². The van der Waals surface area contributed by atoms with Crippen molar-refractivity contribution in [3.8, 4) is 0 Å². The van der Waals surface area contributed by atoms with Crippen molar-refractivity contribution in [2.75, 3.05) is 17.8 Å². The van der Waals surface area contributed by atoms with Crippen LogP contribution in [-0.4, -0.2) is 38.5 Å². The summed E-state index contributed by atoms with van der Waals surface area (Å²) in [6.07, 6.45) is -3.43. The minimum Gasteiger partial charge on any atom is -0.330 e. The summed E-state index contributed by atoms with van der Waals surface area (Å²) in [7, 11) is -3.90. The molecule has 0 spiro atoms. The highest BCUT2D eigenvalue weighted by Crippen LogP contribution is 2.22. The summed E-state index contributed by atoms with van der Waals surface area (Å²) in [5.41, 5.74) is 1.16. The number of hydrogen-bond acceptors (Lipinski definition) is 3. The Morgan fingerprint density at radius 1 is 1.07 bits per heavy atom. The first-order valence-electron chi connectivity index (χ1n) is 9.08. The monoisotopic (exact) mass is 428 g/mol. The lowest BCUT2D eigenvalue weighted by Gasteiger charge is -2.24. The third-order valence-corrected chi connectivity index (χ3v) is 5.62. The standard InChI is InChI=1S/C20H23F3N2O3S/c1-3-4-13-25(14-20(21,22)23)19(26)16-9-11-17(12-10-16)29(27,28)24-18-8-6-5-7-15(18)2/h5-12,24H,3-4,13-14H2,1-2H3. The number of halogens is 3. The summed E-state index contributed by atoms with van der Waals surface area (Å²) in [6.45, 7) is 2.20. The molecule has 0 aliphatic carbocycles.